The quantitative estimate of drug-likeness (QED) is 0.830. The predicted molar refractivity (Wildman–Crippen MR) is 85.3 cm³/mol. The Morgan fingerprint density at radius 2 is 2.19 bits per heavy atom. The lowest BCUT2D eigenvalue weighted by Crippen LogP contribution is -1.91. The van der Waals surface area contributed by atoms with E-state index in [1.807, 2.05) is 30.3 Å². The fraction of sp³-hybridized carbons (Fsp3) is 0.294. The molecule has 1 aromatic heterocycles. The van der Waals surface area contributed by atoms with Crippen LogP contribution < -0.4 is 4.74 Å². The van der Waals surface area contributed by atoms with E-state index >= 15 is 0 Å². The third-order valence-electron chi connectivity index (χ3n) is 2.82. The van der Waals surface area contributed by atoms with Gasteiger partial charge in [0.05, 0.1) is 31.3 Å². The average molecular weight is 302 g/mol. The lowest BCUT2D eigenvalue weighted by Gasteiger charge is -2.06. The van der Waals surface area contributed by atoms with Gasteiger partial charge in [-0.1, -0.05) is 17.9 Å². The van der Waals surface area contributed by atoms with Gasteiger partial charge in [-0.25, -0.2) is 0 Å². The van der Waals surface area contributed by atoms with E-state index in [0.29, 0.717) is 6.42 Å². The van der Waals surface area contributed by atoms with Crippen LogP contribution in [0, 0.1) is 11.8 Å². The van der Waals surface area contributed by atoms with Crippen LogP contribution in [0.4, 0.5) is 0 Å². The minimum atomic E-state index is 0.0774. The molecule has 0 aliphatic heterocycles. The van der Waals surface area contributed by atoms with Crippen molar-refractivity contribution in [3.05, 3.63) is 53.5 Å². The topological polar surface area (TPSA) is 42.6 Å². The summed E-state index contributed by atoms with van der Waals surface area (Å²) < 4.78 is 10.6. The van der Waals surface area contributed by atoms with E-state index < -0.39 is 0 Å². The fourth-order valence-electron chi connectivity index (χ4n) is 1.82. The van der Waals surface area contributed by atoms with Crippen molar-refractivity contribution in [2.24, 2.45) is 0 Å². The molecule has 0 unspecified atom stereocenters. The summed E-state index contributed by atoms with van der Waals surface area (Å²) in [5.41, 5.74) is 2.06. The highest BCUT2D eigenvalue weighted by molar-refractivity contribution is 7.97. The Labute approximate surface area is 129 Å². The van der Waals surface area contributed by atoms with Crippen LogP contribution in [0.15, 0.2) is 41.0 Å². The number of rotatable bonds is 6. The van der Waals surface area contributed by atoms with Crippen LogP contribution in [-0.4, -0.2) is 18.8 Å². The first-order chi connectivity index (χ1) is 10.3. The highest BCUT2D eigenvalue weighted by Gasteiger charge is 2.03. The Bertz CT molecular complexity index is 609. The predicted octanol–water partition coefficient (Wildman–Crippen LogP) is 3.46. The Morgan fingerprint density at radius 3 is 2.90 bits per heavy atom. The summed E-state index contributed by atoms with van der Waals surface area (Å²) in [6.07, 6.45) is 2.17. The monoisotopic (exact) mass is 302 g/mol. The van der Waals surface area contributed by atoms with Crippen molar-refractivity contribution in [3.63, 3.8) is 0 Å². The largest absolute Gasteiger partial charge is 0.495 e. The number of ether oxygens (including phenoxy) is 1. The van der Waals surface area contributed by atoms with E-state index in [0.717, 1.165) is 28.6 Å². The summed E-state index contributed by atoms with van der Waals surface area (Å²) in [5.74, 6) is 9.46. The molecular formula is C17H18O3S. The van der Waals surface area contributed by atoms with Crippen molar-refractivity contribution in [2.75, 3.05) is 13.7 Å². The SMILES string of the molecule is COc1ccc(CSCc2ccco2)cc1C#CCCO. The summed E-state index contributed by atoms with van der Waals surface area (Å²) in [7, 11) is 1.64. The zero-order chi connectivity index (χ0) is 14.9. The second-order valence-electron chi connectivity index (χ2n) is 4.38. The fourth-order valence-corrected chi connectivity index (χ4v) is 2.70. The number of hydrogen-bond donors (Lipinski definition) is 1. The van der Waals surface area contributed by atoms with Crippen LogP contribution in [-0.2, 0) is 11.5 Å². The molecule has 2 rings (SSSR count). The molecule has 0 spiro atoms. The number of methoxy groups -OCH3 is 1. The molecule has 1 aromatic carbocycles. The molecule has 0 atom stereocenters. The summed E-state index contributed by atoms with van der Waals surface area (Å²) >= 11 is 1.79. The van der Waals surface area contributed by atoms with Gasteiger partial charge in [0.15, 0.2) is 0 Å². The Hall–Kier alpha value is -1.83. The van der Waals surface area contributed by atoms with Gasteiger partial charge in [-0.05, 0) is 29.8 Å². The Morgan fingerprint density at radius 1 is 1.29 bits per heavy atom. The maximum Gasteiger partial charge on any atom is 0.134 e. The van der Waals surface area contributed by atoms with Gasteiger partial charge in [0, 0.05) is 12.2 Å². The van der Waals surface area contributed by atoms with Crippen molar-refractivity contribution < 1.29 is 14.3 Å². The summed E-state index contributed by atoms with van der Waals surface area (Å²) in [6, 6.07) is 9.90. The lowest BCUT2D eigenvalue weighted by molar-refractivity contribution is 0.305. The average Bonchev–Trinajstić information content (AvgIpc) is 3.01. The van der Waals surface area contributed by atoms with Gasteiger partial charge < -0.3 is 14.3 Å². The summed E-state index contributed by atoms with van der Waals surface area (Å²) in [6.45, 7) is 0.0774. The Kier molecular flexibility index (Phi) is 6.26. The number of hydrogen-bond acceptors (Lipinski definition) is 4. The van der Waals surface area contributed by atoms with E-state index in [1.165, 1.54) is 5.56 Å². The van der Waals surface area contributed by atoms with Gasteiger partial charge in [0.1, 0.15) is 11.5 Å². The first-order valence-corrected chi connectivity index (χ1v) is 7.85. The van der Waals surface area contributed by atoms with Crippen molar-refractivity contribution in [1.82, 2.24) is 0 Å². The third kappa shape index (κ3) is 4.89. The third-order valence-corrected chi connectivity index (χ3v) is 3.84. The van der Waals surface area contributed by atoms with E-state index in [2.05, 4.69) is 11.8 Å². The highest BCUT2D eigenvalue weighted by Crippen LogP contribution is 2.23. The minimum absolute atomic E-state index is 0.0774. The normalized spacial score (nSPS) is 10.0. The molecule has 0 radical (unpaired) electrons. The van der Waals surface area contributed by atoms with Gasteiger partial charge in [0.25, 0.3) is 0 Å². The standard InChI is InChI=1S/C17H18O3S/c1-19-17-8-7-14(11-15(17)5-2-3-9-18)12-21-13-16-6-4-10-20-16/h4,6-8,10-11,18H,3,9,12-13H2,1H3. The molecule has 3 nitrogen and oxygen atoms in total. The smallest absolute Gasteiger partial charge is 0.134 e. The van der Waals surface area contributed by atoms with E-state index in [1.54, 1.807) is 25.1 Å². The number of thioether (sulfide) groups is 1. The van der Waals surface area contributed by atoms with Crippen molar-refractivity contribution in [2.45, 2.75) is 17.9 Å². The first-order valence-electron chi connectivity index (χ1n) is 6.70. The number of furan rings is 1. The Balaban J connectivity index is 1.99. The van der Waals surface area contributed by atoms with Gasteiger partial charge in [0.2, 0.25) is 0 Å². The van der Waals surface area contributed by atoms with E-state index in [4.69, 9.17) is 14.3 Å². The van der Waals surface area contributed by atoms with Crippen LogP contribution in [0.3, 0.4) is 0 Å². The minimum Gasteiger partial charge on any atom is -0.495 e. The van der Waals surface area contributed by atoms with Crippen LogP contribution >= 0.6 is 11.8 Å². The molecule has 1 N–H and O–H groups in total. The van der Waals surface area contributed by atoms with E-state index in [9.17, 15) is 0 Å². The molecule has 4 heteroatoms. The molecule has 21 heavy (non-hydrogen) atoms. The second-order valence-corrected chi connectivity index (χ2v) is 5.37. The number of benzene rings is 1. The molecule has 0 bridgehead atoms. The molecule has 1 heterocycles. The zero-order valence-corrected chi connectivity index (χ0v) is 12.8. The van der Waals surface area contributed by atoms with Crippen molar-refractivity contribution in [1.29, 1.82) is 0 Å². The van der Waals surface area contributed by atoms with Crippen LogP contribution in [0.1, 0.15) is 23.3 Å². The zero-order valence-electron chi connectivity index (χ0n) is 12.0. The van der Waals surface area contributed by atoms with Gasteiger partial charge >= 0.3 is 0 Å². The van der Waals surface area contributed by atoms with Gasteiger partial charge in [-0.2, -0.15) is 0 Å². The van der Waals surface area contributed by atoms with Crippen molar-refractivity contribution >= 4 is 11.8 Å². The molecule has 0 fully saturated rings. The number of aliphatic hydroxyl groups is 1. The molecule has 0 saturated heterocycles. The van der Waals surface area contributed by atoms with Gasteiger partial charge in [-0.3, -0.25) is 0 Å². The maximum atomic E-state index is 8.79. The van der Waals surface area contributed by atoms with Crippen LogP contribution in [0.2, 0.25) is 0 Å². The molecule has 0 saturated carbocycles. The van der Waals surface area contributed by atoms with Crippen LogP contribution in [0.25, 0.3) is 0 Å². The molecule has 0 amide bonds. The van der Waals surface area contributed by atoms with Gasteiger partial charge in [-0.15, -0.1) is 11.8 Å². The second kappa shape index (κ2) is 8.46. The molecule has 2 aromatic rings. The molecular weight excluding hydrogens is 284 g/mol. The molecule has 0 aliphatic carbocycles. The van der Waals surface area contributed by atoms with E-state index in [-0.39, 0.29) is 6.61 Å². The summed E-state index contributed by atoms with van der Waals surface area (Å²) in [4.78, 5) is 0. The molecule has 0 aliphatic rings. The maximum absolute atomic E-state index is 8.79. The first kappa shape index (κ1) is 15.6. The molecule has 110 valence electrons. The van der Waals surface area contributed by atoms with Crippen molar-refractivity contribution in [3.8, 4) is 17.6 Å². The lowest BCUT2D eigenvalue weighted by atomic mass is 10.1. The summed E-state index contributed by atoms with van der Waals surface area (Å²) in [5, 5.41) is 8.79. The highest BCUT2D eigenvalue weighted by atomic mass is 32.2. The number of aliphatic hydroxyl groups excluding tert-OH is 1. The van der Waals surface area contributed by atoms with Crippen LogP contribution in [0.5, 0.6) is 5.75 Å².